The lowest BCUT2D eigenvalue weighted by Gasteiger charge is -2.06. The molecule has 1 heterocycles. The van der Waals surface area contributed by atoms with Gasteiger partial charge in [0.2, 0.25) is 11.0 Å². The molecule has 0 fully saturated rings. The van der Waals surface area contributed by atoms with Crippen molar-refractivity contribution in [1.29, 1.82) is 0 Å². The van der Waals surface area contributed by atoms with Crippen molar-refractivity contribution in [2.24, 2.45) is 0 Å². The van der Waals surface area contributed by atoms with E-state index in [2.05, 4.69) is 20.8 Å². The molecule has 10 nitrogen and oxygen atoms in total. The van der Waals surface area contributed by atoms with Crippen LogP contribution in [0.1, 0.15) is 22.8 Å². The third-order valence-corrected chi connectivity index (χ3v) is 6.12. The van der Waals surface area contributed by atoms with Gasteiger partial charge in [-0.3, -0.25) is 25.0 Å². The number of thioether (sulfide) groups is 1. The first-order valence-corrected chi connectivity index (χ1v) is 11.2. The van der Waals surface area contributed by atoms with Crippen LogP contribution in [0.2, 0.25) is 0 Å². The molecule has 3 aromatic rings. The highest BCUT2D eigenvalue weighted by Crippen LogP contribution is 2.27. The molecule has 166 valence electrons. The predicted molar refractivity (Wildman–Crippen MR) is 123 cm³/mol. The summed E-state index contributed by atoms with van der Waals surface area (Å²) in [6.07, 6.45) is 0. The SMILES string of the molecule is CCOc1ccc(NC(=O)CSc2nnc(NC(=O)c3cccc([N+](=O)[O-])c3C)s2)cc1. The van der Waals surface area contributed by atoms with Gasteiger partial charge in [0, 0.05) is 22.9 Å². The zero-order valence-electron chi connectivity index (χ0n) is 17.2. The number of anilines is 2. The number of nitrogens with zero attached hydrogens (tertiary/aromatic N) is 3. The van der Waals surface area contributed by atoms with Gasteiger partial charge in [0.05, 0.1) is 17.3 Å². The van der Waals surface area contributed by atoms with Crippen LogP contribution in [-0.2, 0) is 4.79 Å². The van der Waals surface area contributed by atoms with E-state index in [1.807, 2.05) is 6.92 Å². The molecular weight excluding hydrogens is 454 g/mol. The fourth-order valence-corrected chi connectivity index (χ4v) is 4.22. The van der Waals surface area contributed by atoms with Crippen LogP contribution < -0.4 is 15.4 Å². The van der Waals surface area contributed by atoms with Gasteiger partial charge in [-0.05, 0) is 44.2 Å². The number of hydrogen-bond acceptors (Lipinski definition) is 9. The van der Waals surface area contributed by atoms with Gasteiger partial charge in [-0.25, -0.2) is 0 Å². The van der Waals surface area contributed by atoms with E-state index in [0.29, 0.717) is 16.6 Å². The number of nitro benzene ring substituents is 1. The van der Waals surface area contributed by atoms with Gasteiger partial charge in [0.25, 0.3) is 11.6 Å². The zero-order chi connectivity index (χ0) is 23.1. The Morgan fingerprint density at radius 1 is 1.16 bits per heavy atom. The first kappa shape index (κ1) is 23.2. The van der Waals surface area contributed by atoms with E-state index in [4.69, 9.17) is 4.74 Å². The number of benzene rings is 2. The maximum Gasteiger partial charge on any atom is 0.273 e. The second-order valence-electron chi connectivity index (χ2n) is 6.33. The second-order valence-corrected chi connectivity index (χ2v) is 8.53. The lowest BCUT2D eigenvalue weighted by Crippen LogP contribution is -2.14. The Kier molecular flexibility index (Phi) is 7.73. The third-order valence-electron chi connectivity index (χ3n) is 4.15. The van der Waals surface area contributed by atoms with Crippen LogP contribution in [0.4, 0.5) is 16.5 Å². The Labute approximate surface area is 191 Å². The number of amides is 2. The van der Waals surface area contributed by atoms with Crippen molar-refractivity contribution >= 4 is 51.4 Å². The minimum absolute atomic E-state index is 0.111. The Balaban J connectivity index is 1.53. The standard InChI is InChI=1S/C20H19N5O5S2/c1-3-30-14-9-7-13(8-10-14)21-17(26)11-31-20-24-23-19(32-20)22-18(27)15-5-4-6-16(12(15)2)25(28)29/h4-10H,3,11H2,1-2H3,(H,21,26)(H,22,23,27). The summed E-state index contributed by atoms with van der Waals surface area (Å²) in [5.41, 5.74) is 0.958. The largest absolute Gasteiger partial charge is 0.494 e. The average molecular weight is 474 g/mol. The fourth-order valence-electron chi connectivity index (χ4n) is 2.68. The summed E-state index contributed by atoms with van der Waals surface area (Å²) in [5, 5.41) is 24.5. The second kappa shape index (κ2) is 10.7. The summed E-state index contributed by atoms with van der Waals surface area (Å²) < 4.78 is 5.86. The molecule has 0 aliphatic heterocycles. The minimum atomic E-state index is -0.538. The Morgan fingerprint density at radius 2 is 1.91 bits per heavy atom. The zero-order valence-corrected chi connectivity index (χ0v) is 18.8. The molecule has 0 bridgehead atoms. The molecule has 0 aliphatic carbocycles. The number of nitro groups is 1. The quantitative estimate of drug-likeness (QED) is 0.205. The van der Waals surface area contributed by atoms with Gasteiger partial charge >= 0.3 is 0 Å². The molecule has 0 saturated heterocycles. The maximum absolute atomic E-state index is 12.5. The van der Waals surface area contributed by atoms with Crippen LogP contribution in [0.5, 0.6) is 5.75 Å². The van der Waals surface area contributed by atoms with Gasteiger partial charge in [-0.1, -0.05) is 29.2 Å². The number of ether oxygens (including phenoxy) is 1. The van der Waals surface area contributed by atoms with E-state index < -0.39 is 10.8 Å². The predicted octanol–water partition coefficient (Wildman–Crippen LogP) is 4.14. The van der Waals surface area contributed by atoms with E-state index in [0.717, 1.165) is 17.1 Å². The first-order valence-electron chi connectivity index (χ1n) is 9.41. The number of carbonyl (C=O) groups excluding carboxylic acids is 2. The molecule has 2 aromatic carbocycles. The topological polar surface area (TPSA) is 136 Å². The van der Waals surface area contributed by atoms with Crippen molar-refractivity contribution in [3.05, 3.63) is 63.7 Å². The Bertz CT molecular complexity index is 1130. The molecule has 2 N–H and O–H groups in total. The van der Waals surface area contributed by atoms with Gasteiger partial charge in [-0.2, -0.15) is 0 Å². The first-order chi connectivity index (χ1) is 15.4. The van der Waals surface area contributed by atoms with Crippen molar-refractivity contribution in [2.75, 3.05) is 23.0 Å². The van der Waals surface area contributed by atoms with E-state index >= 15 is 0 Å². The van der Waals surface area contributed by atoms with Gasteiger partial charge in [0.1, 0.15) is 5.75 Å². The summed E-state index contributed by atoms with van der Waals surface area (Å²) >= 11 is 2.29. The van der Waals surface area contributed by atoms with E-state index in [1.165, 1.54) is 36.9 Å². The van der Waals surface area contributed by atoms with Gasteiger partial charge in [0.15, 0.2) is 4.34 Å². The van der Waals surface area contributed by atoms with Gasteiger partial charge < -0.3 is 10.1 Å². The summed E-state index contributed by atoms with van der Waals surface area (Å²) in [5.74, 6) is 0.0997. The van der Waals surface area contributed by atoms with Crippen molar-refractivity contribution in [2.45, 2.75) is 18.2 Å². The molecule has 1 aromatic heterocycles. The highest BCUT2D eigenvalue weighted by Gasteiger charge is 2.19. The molecule has 0 unspecified atom stereocenters. The van der Waals surface area contributed by atoms with E-state index in [1.54, 1.807) is 24.3 Å². The molecular formula is C20H19N5O5S2. The van der Waals surface area contributed by atoms with Crippen LogP contribution in [-0.4, -0.2) is 39.3 Å². The summed E-state index contributed by atoms with van der Waals surface area (Å²) in [7, 11) is 0. The number of aromatic nitrogens is 2. The summed E-state index contributed by atoms with van der Waals surface area (Å²) in [4.78, 5) is 35.2. The van der Waals surface area contributed by atoms with Crippen LogP contribution in [0.15, 0.2) is 46.8 Å². The molecule has 0 saturated carbocycles. The molecule has 0 atom stereocenters. The van der Waals surface area contributed by atoms with Crippen molar-refractivity contribution in [3.63, 3.8) is 0 Å². The minimum Gasteiger partial charge on any atom is -0.494 e. The Morgan fingerprint density at radius 3 is 2.59 bits per heavy atom. The molecule has 12 heteroatoms. The third kappa shape index (κ3) is 6.02. The smallest absolute Gasteiger partial charge is 0.273 e. The lowest BCUT2D eigenvalue weighted by molar-refractivity contribution is -0.385. The highest BCUT2D eigenvalue weighted by molar-refractivity contribution is 8.01. The normalized spacial score (nSPS) is 10.4. The molecule has 0 radical (unpaired) electrons. The average Bonchev–Trinajstić information content (AvgIpc) is 3.21. The van der Waals surface area contributed by atoms with Crippen molar-refractivity contribution < 1.29 is 19.2 Å². The summed E-state index contributed by atoms with van der Waals surface area (Å²) in [6, 6.07) is 11.3. The number of carbonyl (C=O) groups is 2. The van der Waals surface area contributed by atoms with E-state index in [9.17, 15) is 19.7 Å². The molecule has 32 heavy (non-hydrogen) atoms. The van der Waals surface area contributed by atoms with Crippen molar-refractivity contribution in [1.82, 2.24) is 10.2 Å². The molecule has 3 rings (SSSR count). The van der Waals surface area contributed by atoms with Crippen LogP contribution in [0, 0.1) is 17.0 Å². The number of nitrogens with one attached hydrogen (secondary N) is 2. The number of rotatable bonds is 9. The van der Waals surface area contributed by atoms with E-state index in [-0.39, 0.29) is 33.6 Å². The molecule has 0 aliphatic rings. The highest BCUT2D eigenvalue weighted by atomic mass is 32.2. The monoisotopic (exact) mass is 473 g/mol. The van der Waals surface area contributed by atoms with Crippen molar-refractivity contribution in [3.8, 4) is 5.75 Å². The summed E-state index contributed by atoms with van der Waals surface area (Å²) in [6.45, 7) is 3.97. The molecule has 0 spiro atoms. The van der Waals surface area contributed by atoms with Crippen LogP contribution in [0.25, 0.3) is 0 Å². The maximum atomic E-state index is 12.5. The number of hydrogen-bond donors (Lipinski definition) is 2. The fraction of sp³-hybridized carbons (Fsp3) is 0.200. The lowest BCUT2D eigenvalue weighted by atomic mass is 10.1. The van der Waals surface area contributed by atoms with Crippen LogP contribution >= 0.6 is 23.1 Å². The Hall–Kier alpha value is -3.51. The van der Waals surface area contributed by atoms with Gasteiger partial charge in [-0.15, -0.1) is 10.2 Å². The molecule has 2 amide bonds. The van der Waals surface area contributed by atoms with Crippen LogP contribution in [0.3, 0.4) is 0 Å².